The van der Waals surface area contributed by atoms with Crippen molar-refractivity contribution >= 4 is 23.3 Å². The lowest BCUT2D eigenvalue weighted by Gasteiger charge is -2.33. The molecule has 1 aromatic rings. The van der Waals surface area contributed by atoms with Crippen LogP contribution >= 0.6 is 0 Å². The van der Waals surface area contributed by atoms with Gasteiger partial charge in [-0.3, -0.25) is 4.79 Å². The van der Waals surface area contributed by atoms with Gasteiger partial charge < -0.3 is 16.0 Å². The van der Waals surface area contributed by atoms with Crippen LogP contribution in [-0.2, 0) is 4.79 Å². The highest BCUT2D eigenvalue weighted by Crippen LogP contribution is 2.27. The molecule has 3 N–H and O–H groups in total. The minimum absolute atomic E-state index is 0.000220. The Hall–Kier alpha value is -2.04. The number of amides is 3. The third-order valence-electron chi connectivity index (χ3n) is 3.98. The highest BCUT2D eigenvalue weighted by atomic mass is 16.2. The first-order chi connectivity index (χ1) is 11.9. The molecule has 3 amide bonds. The molecule has 1 aromatic carbocycles. The maximum atomic E-state index is 12.3. The quantitative estimate of drug-likeness (QED) is 0.609. The smallest absolute Gasteiger partial charge is 0.319 e. The van der Waals surface area contributed by atoms with E-state index in [1.807, 2.05) is 39.0 Å². The number of nitrogens with one attached hydrogen (secondary N) is 3. The Bertz CT molecular complexity index is 618. The number of benzene rings is 1. The van der Waals surface area contributed by atoms with E-state index < -0.39 is 0 Å². The first kappa shape index (κ1) is 22.0. The number of carbonyl (C=O) groups excluding carboxylic acids is 2. The summed E-state index contributed by atoms with van der Waals surface area (Å²) in [5, 5.41) is 8.78. The number of urea groups is 1. The molecule has 0 aromatic heterocycles. The lowest BCUT2D eigenvalue weighted by atomic mass is 9.82. The van der Waals surface area contributed by atoms with Crippen molar-refractivity contribution in [3.8, 4) is 0 Å². The molecule has 26 heavy (non-hydrogen) atoms. The minimum Gasteiger partial charge on any atom is -0.333 e. The van der Waals surface area contributed by atoms with Crippen molar-refractivity contribution in [2.75, 3.05) is 10.6 Å². The molecule has 0 saturated heterocycles. The Morgan fingerprint density at radius 1 is 1.04 bits per heavy atom. The van der Waals surface area contributed by atoms with Crippen molar-refractivity contribution in [3.63, 3.8) is 0 Å². The first-order valence-electron chi connectivity index (χ1n) is 9.42. The SMILES string of the molecule is CCCC(C)C(=O)Nc1cccc(NC(=O)NC(C)(C)CC(C)(C)C)c1. The molecular formula is C21H35N3O2. The van der Waals surface area contributed by atoms with Gasteiger partial charge in [0.2, 0.25) is 5.91 Å². The molecule has 1 unspecified atom stereocenters. The molecule has 0 saturated carbocycles. The van der Waals surface area contributed by atoms with E-state index in [1.54, 1.807) is 6.07 Å². The summed E-state index contributed by atoms with van der Waals surface area (Å²) in [6.07, 6.45) is 2.69. The van der Waals surface area contributed by atoms with Crippen LogP contribution in [0.5, 0.6) is 0 Å². The van der Waals surface area contributed by atoms with Crippen LogP contribution < -0.4 is 16.0 Å². The molecule has 0 spiro atoms. The molecule has 0 aliphatic rings. The fourth-order valence-electron chi connectivity index (χ4n) is 3.34. The molecule has 0 heterocycles. The largest absolute Gasteiger partial charge is 0.333 e. The monoisotopic (exact) mass is 361 g/mol. The second kappa shape index (κ2) is 9.06. The molecule has 1 rings (SSSR count). The summed E-state index contributed by atoms with van der Waals surface area (Å²) in [5.74, 6) is -0.0297. The molecular weight excluding hydrogens is 326 g/mol. The summed E-state index contributed by atoms with van der Waals surface area (Å²) in [7, 11) is 0. The first-order valence-corrected chi connectivity index (χ1v) is 9.42. The van der Waals surface area contributed by atoms with Crippen molar-refractivity contribution in [1.82, 2.24) is 5.32 Å². The maximum absolute atomic E-state index is 12.3. The number of carbonyl (C=O) groups is 2. The second-order valence-electron chi connectivity index (χ2n) is 8.96. The topological polar surface area (TPSA) is 70.2 Å². The van der Waals surface area contributed by atoms with Crippen LogP contribution in [0.1, 0.15) is 67.7 Å². The summed E-state index contributed by atoms with van der Waals surface area (Å²) in [5.41, 5.74) is 1.14. The van der Waals surface area contributed by atoms with Crippen molar-refractivity contribution in [2.45, 2.75) is 73.3 Å². The average molecular weight is 362 g/mol. The summed E-state index contributed by atoms with van der Waals surface area (Å²) < 4.78 is 0. The van der Waals surface area contributed by atoms with Crippen LogP contribution in [0.25, 0.3) is 0 Å². The van der Waals surface area contributed by atoms with Crippen LogP contribution in [-0.4, -0.2) is 17.5 Å². The van der Waals surface area contributed by atoms with Crippen molar-refractivity contribution in [1.29, 1.82) is 0 Å². The van der Waals surface area contributed by atoms with Gasteiger partial charge in [0.25, 0.3) is 0 Å². The van der Waals surface area contributed by atoms with Gasteiger partial charge >= 0.3 is 6.03 Å². The predicted octanol–water partition coefficient (Wildman–Crippen LogP) is 5.40. The molecule has 5 heteroatoms. The van der Waals surface area contributed by atoms with Gasteiger partial charge in [0, 0.05) is 22.8 Å². The summed E-state index contributed by atoms with van der Waals surface area (Å²) >= 11 is 0. The number of anilines is 2. The second-order valence-corrected chi connectivity index (χ2v) is 8.96. The van der Waals surface area contributed by atoms with E-state index in [2.05, 4.69) is 43.6 Å². The zero-order chi connectivity index (χ0) is 20.0. The maximum Gasteiger partial charge on any atom is 0.319 e. The number of hydrogen-bond donors (Lipinski definition) is 3. The van der Waals surface area contributed by atoms with E-state index in [0.717, 1.165) is 19.3 Å². The molecule has 0 aliphatic carbocycles. The molecule has 0 radical (unpaired) electrons. The summed E-state index contributed by atoms with van der Waals surface area (Å²) in [6, 6.07) is 6.97. The van der Waals surface area contributed by atoms with Gasteiger partial charge in [-0.2, -0.15) is 0 Å². The van der Waals surface area contributed by atoms with Gasteiger partial charge in [-0.25, -0.2) is 4.79 Å². The zero-order valence-corrected chi connectivity index (χ0v) is 17.3. The van der Waals surface area contributed by atoms with Crippen molar-refractivity contribution in [2.24, 2.45) is 11.3 Å². The predicted molar refractivity (Wildman–Crippen MR) is 109 cm³/mol. The lowest BCUT2D eigenvalue weighted by molar-refractivity contribution is -0.119. The van der Waals surface area contributed by atoms with Crippen LogP contribution in [0.3, 0.4) is 0 Å². The standard InChI is InChI=1S/C21H35N3O2/c1-8-10-15(2)18(25)22-16-11-9-12-17(13-16)23-19(26)24-21(6,7)14-20(3,4)5/h9,11-13,15H,8,10,14H2,1-7H3,(H,22,25)(H2,23,24,26). The Labute approximate surface area is 158 Å². The van der Waals surface area contributed by atoms with E-state index in [1.165, 1.54) is 0 Å². The van der Waals surface area contributed by atoms with Crippen LogP contribution in [0.4, 0.5) is 16.2 Å². The third kappa shape index (κ3) is 8.37. The van der Waals surface area contributed by atoms with Gasteiger partial charge in [0.15, 0.2) is 0 Å². The van der Waals surface area contributed by atoms with Crippen LogP contribution in [0, 0.1) is 11.3 Å². The Balaban J connectivity index is 2.68. The summed E-state index contributed by atoms with van der Waals surface area (Å²) in [6.45, 7) is 14.5. The average Bonchev–Trinajstić information content (AvgIpc) is 2.44. The van der Waals surface area contributed by atoms with Gasteiger partial charge in [-0.1, -0.05) is 47.1 Å². The Morgan fingerprint density at radius 3 is 2.15 bits per heavy atom. The molecule has 1 atom stereocenters. The molecule has 0 bridgehead atoms. The fourth-order valence-corrected chi connectivity index (χ4v) is 3.34. The van der Waals surface area contributed by atoms with E-state index in [-0.39, 0.29) is 28.8 Å². The van der Waals surface area contributed by atoms with Gasteiger partial charge in [-0.05, 0) is 50.3 Å². The van der Waals surface area contributed by atoms with Gasteiger partial charge in [-0.15, -0.1) is 0 Å². The molecule has 0 fully saturated rings. The fraction of sp³-hybridized carbons (Fsp3) is 0.619. The number of hydrogen-bond acceptors (Lipinski definition) is 2. The normalized spacial score (nSPS) is 13.0. The minimum atomic E-state index is -0.316. The third-order valence-corrected chi connectivity index (χ3v) is 3.98. The molecule has 146 valence electrons. The highest BCUT2D eigenvalue weighted by molar-refractivity contribution is 5.94. The van der Waals surface area contributed by atoms with Gasteiger partial charge in [0.1, 0.15) is 0 Å². The number of rotatable bonds is 7. The Morgan fingerprint density at radius 2 is 1.62 bits per heavy atom. The van der Waals surface area contributed by atoms with E-state index in [0.29, 0.717) is 11.4 Å². The highest BCUT2D eigenvalue weighted by Gasteiger charge is 2.27. The van der Waals surface area contributed by atoms with E-state index in [4.69, 9.17) is 0 Å². The van der Waals surface area contributed by atoms with E-state index >= 15 is 0 Å². The Kier molecular flexibility index (Phi) is 7.67. The van der Waals surface area contributed by atoms with Gasteiger partial charge in [0.05, 0.1) is 0 Å². The van der Waals surface area contributed by atoms with E-state index in [9.17, 15) is 9.59 Å². The lowest BCUT2D eigenvalue weighted by Crippen LogP contribution is -2.47. The molecule has 5 nitrogen and oxygen atoms in total. The summed E-state index contributed by atoms with van der Waals surface area (Å²) in [4.78, 5) is 24.5. The molecule has 0 aliphatic heterocycles. The van der Waals surface area contributed by atoms with Crippen molar-refractivity contribution < 1.29 is 9.59 Å². The van der Waals surface area contributed by atoms with Crippen LogP contribution in [0.2, 0.25) is 0 Å². The van der Waals surface area contributed by atoms with Crippen LogP contribution in [0.15, 0.2) is 24.3 Å². The van der Waals surface area contributed by atoms with Crippen molar-refractivity contribution in [3.05, 3.63) is 24.3 Å². The zero-order valence-electron chi connectivity index (χ0n) is 17.3.